The lowest BCUT2D eigenvalue weighted by atomic mass is 10.0. The van der Waals surface area contributed by atoms with Crippen LogP contribution in [-0.4, -0.2) is 22.2 Å². The highest BCUT2D eigenvalue weighted by molar-refractivity contribution is 6.32. The van der Waals surface area contributed by atoms with E-state index >= 15 is 0 Å². The Labute approximate surface area is 143 Å². The van der Waals surface area contributed by atoms with Crippen LogP contribution in [0.5, 0.6) is 0 Å². The van der Waals surface area contributed by atoms with Crippen molar-refractivity contribution in [1.82, 2.24) is 0 Å². The fourth-order valence-electron chi connectivity index (χ4n) is 2.30. The maximum Gasteiger partial charge on any atom is 0.327 e. The molecular formula is C17H12Cl2N2O2. The molecule has 0 saturated heterocycles. The summed E-state index contributed by atoms with van der Waals surface area (Å²) in [7, 11) is 0. The molecule has 0 radical (unpaired) electrons. The summed E-state index contributed by atoms with van der Waals surface area (Å²) in [6.07, 6.45) is 1.45. The summed E-state index contributed by atoms with van der Waals surface area (Å²) in [5, 5.41) is 11.5. The quantitative estimate of drug-likeness (QED) is 0.821. The molecule has 1 unspecified atom stereocenters. The van der Waals surface area contributed by atoms with E-state index in [4.69, 9.17) is 28.3 Å². The van der Waals surface area contributed by atoms with E-state index < -0.39 is 11.3 Å². The highest BCUT2D eigenvalue weighted by Crippen LogP contribution is 2.29. The number of nitrogens with one attached hydrogen (secondary N) is 1. The number of carboxylic acid groups (broad SMARTS) is 1. The van der Waals surface area contributed by atoms with Gasteiger partial charge in [-0.15, -0.1) is 11.6 Å². The van der Waals surface area contributed by atoms with E-state index in [2.05, 4.69) is 10.3 Å². The first-order valence-electron chi connectivity index (χ1n) is 6.83. The third-order valence-electron chi connectivity index (χ3n) is 3.39. The minimum Gasteiger partial charge on any atom is -0.480 e. The molecule has 1 heterocycles. The van der Waals surface area contributed by atoms with Gasteiger partial charge in [-0.25, -0.2) is 0 Å². The van der Waals surface area contributed by atoms with Gasteiger partial charge in [0.1, 0.15) is 0 Å². The first-order chi connectivity index (χ1) is 11.1. The van der Waals surface area contributed by atoms with Crippen LogP contribution in [0.25, 0.3) is 0 Å². The number of halogens is 2. The molecule has 4 nitrogen and oxygen atoms in total. The van der Waals surface area contributed by atoms with Gasteiger partial charge >= 0.3 is 5.97 Å². The molecule has 23 heavy (non-hydrogen) atoms. The van der Waals surface area contributed by atoms with Crippen molar-refractivity contribution in [3.63, 3.8) is 0 Å². The zero-order chi connectivity index (χ0) is 16.4. The summed E-state index contributed by atoms with van der Waals surface area (Å²) in [5.74, 6) is -1.14. The van der Waals surface area contributed by atoms with Crippen LogP contribution in [0.15, 0.2) is 65.4 Å². The number of carbonyl (C=O) groups is 1. The lowest BCUT2D eigenvalue weighted by Gasteiger charge is -2.14. The number of alkyl halides is 1. The van der Waals surface area contributed by atoms with Gasteiger partial charge in [0.15, 0.2) is 5.38 Å². The molecule has 1 aliphatic rings. The maximum atomic E-state index is 11.1. The summed E-state index contributed by atoms with van der Waals surface area (Å²) in [6.45, 7) is 0. The molecule has 0 saturated carbocycles. The highest BCUT2D eigenvalue weighted by atomic mass is 35.5. The number of aliphatic imine (C=N–C) groups is 1. The number of rotatable bonds is 3. The van der Waals surface area contributed by atoms with Crippen molar-refractivity contribution in [3.05, 3.63) is 76.6 Å². The van der Waals surface area contributed by atoms with E-state index in [-0.39, 0.29) is 0 Å². The number of aliphatic carboxylic acids is 1. The Morgan fingerprint density at radius 3 is 2.61 bits per heavy atom. The summed E-state index contributed by atoms with van der Waals surface area (Å²) >= 11 is 12.0. The number of benzene rings is 2. The van der Waals surface area contributed by atoms with Crippen molar-refractivity contribution in [3.8, 4) is 0 Å². The number of hydrogen-bond donors (Lipinski definition) is 2. The van der Waals surface area contributed by atoms with Crippen LogP contribution in [0, 0.1) is 0 Å². The van der Waals surface area contributed by atoms with Crippen LogP contribution in [0.2, 0.25) is 5.02 Å². The Kier molecular flexibility index (Phi) is 4.37. The summed E-state index contributed by atoms with van der Waals surface area (Å²) < 4.78 is 0. The molecule has 3 rings (SSSR count). The molecule has 0 fully saturated rings. The Morgan fingerprint density at radius 1 is 1.17 bits per heavy atom. The van der Waals surface area contributed by atoms with Gasteiger partial charge in [-0.2, -0.15) is 0 Å². The summed E-state index contributed by atoms with van der Waals surface area (Å²) in [5.41, 5.74) is 3.38. The Morgan fingerprint density at radius 2 is 1.91 bits per heavy atom. The number of carboxylic acids is 1. The highest BCUT2D eigenvalue weighted by Gasteiger charge is 2.23. The van der Waals surface area contributed by atoms with Gasteiger partial charge in [-0.3, -0.25) is 9.79 Å². The lowest BCUT2D eigenvalue weighted by Crippen LogP contribution is -2.21. The van der Waals surface area contributed by atoms with E-state index in [0.717, 1.165) is 11.1 Å². The molecule has 2 N–H and O–H groups in total. The average molecular weight is 347 g/mol. The normalized spacial score (nSPS) is 14.7. The molecule has 1 aliphatic heterocycles. The minimum atomic E-state index is -1.21. The van der Waals surface area contributed by atoms with E-state index in [9.17, 15) is 4.79 Å². The first-order valence-corrected chi connectivity index (χ1v) is 7.65. The molecule has 1 atom stereocenters. The van der Waals surface area contributed by atoms with Gasteiger partial charge in [-0.05, 0) is 18.2 Å². The maximum absolute atomic E-state index is 11.1. The van der Waals surface area contributed by atoms with Gasteiger partial charge in [0.2, 0.25) is 0 Å². The number of anilines is 1. The van der Waals surface area contributed by atoms with E-state index in [1.807, 2.05) is 30.3 Å². The lowest BCUT2D eigenvalue weighted by molar-refractivity contribution is -0.135. The molecule has 0 aromatic heterocycles. The van der Waals surface area contributed by atoms with Gasteiger partial charge in [0.25, 0.3) is 0 Å². The molecular weight excluding hydrogens is 335 g/mol. The molecule has 2 aromatic carbocycles. The van der Waals surface area contributed by atoms with Crippen LogP contribution < -0.4 is 5.32 Å². The SMILES string of the molecule is O=C(O)C(Cl)C1=CN=C(c2ccccc2)c2cc(Cl)ccc2N1. The molecule has 2 aromatic rings. The average Bonchev–Trinajstić information content (AvgIpc) is 2.74. The van der Waals surface area contributed by atoms with Gasteiger partial charge in [-0.1, -0.05) is 41.9 Å². The zero-order valence-electron chi connectivity index (χ0n) is 11.8. The molecule has 0 bridgehead atoms. The number of fused-ring (bicyclic) bond motifs is 1. The van der Waals surface area contributed by atoms with Crippen molar-refractivity contribution in [2.75, 3.05) is 5.32 Å². The Hall–Kier alpha value is -2.30. The fourth-order valence-corrected chi connectivity index (χ4v) is 2.58. The molecule has 116 valence electrons. The van der Waals surface area contributed by atoms with E-state index in [0.29, 0.717) is 22.1 Å². The molecule has 0 aliphatic carbocycles. The second-order valence-electron chi connectivity index (χ2n) is 4.94. The topological polar surface area (TPSA) is 61.7 Å². The number of nitrogens with zero attached hydrogens (tertiary/aromatic N) is 1. The monoisotopic (exact) mass is 346 g/mol. The Bertz CT molecular complexity index is 817. The van der Waals surface area contributed by atoms with Crippen LogP contribution in [0.4, 0.5) is 5.69 Å². The second kappa shape index (κ2) is 6.44. The van der Waals surface area contributed by atoms with Crippen molar-refractivity contribution < 1.29 is 9.90 Å². The van der Waals surface area contributed by atoms with Crippen molar-refractivity contribution in [2.24, 2.45) is 4.99 Å². The largest absolute Gasteiger partial charge is 0.480 e. The zero-order valence-corrected chi connectivity index (χ0v) is 13.3. The summed E-state index contributed by atoms with van der Waals surface area (Å²) in [6, 6.07) is 14.9. The van der Waals surface area contributed by atoms with Crippen molar-refractivity contribution in [2.45, 2.75) is 5.38 Å². The smallest absolute Gasteiger partial charge is 0.327 e. The van der Waals surface area contributed by atoms with Crippen molar-refractivity contribution in [1.29, 1.82) is 0 Å². The van der Waals surface area contributed by atoms with Crippen LogP contribution in [-0.2, 0) is 4.79 Å². The van der Waals surface area contributed by atoms with Crippen molar-refractivity contribution >= 4 is 40.6 Å². The molecule has 0 amide bonds. The fraction of sp³-hybridized carbons (Fsp3) is 0.0588. The number of hydrogen-bond acceptors (Lipinski definition) is 3. The first kappa shape index (κ1) is 15.6. The second-order valence-corrected chi connectivity index (χ2v) is 5.82. The van der Waals surface area contributed by atoms with E-state index in [1.165, 1.54) is 6.20 Å². The Balaban J connectivity index is 2.16. The van der Waals surface area contributed by atoms with Crippen LogP contribution >= 0.6 is 23.2 Å². The van der Waals surface area contributed by atoms with Crippen LogP contribution in [0.3, 0.4) is 0 Å². The van der Waals surface area contributed by atoms with E-state index in [1.54, 1.807) is 18.2 Å². The summed E-state index contributed by atoms with van der Waals surface area (Å²) in [4.78, 5) is 15.6. The third-order valence-corrected chi connectivity index (χ3v) is 4.04. The predicted molar refractivity (Wildman–Crippen MR) is 92.5 cm³/mol. The van der Waals surface area contributed by atoms with Crippen LogP contribution in [0.1, 0.15) is 11.1 Å². The van der Waals surface area contributed by atoms with Gasteiger partial charge in [0.05, 0.1) is 11.4 Å². The van der Waals surface area contributed by atoms with Gasteiger partial charge in [0, 0.05) is 28.0 Å². The predicted octanol–water partition coefficient (Wildman–Crippen LogP) is 4.14. The molecule has 6 heteroatoms. The standard InChI is InChI=1S/C17H12Cl2N2O2/c18-11-6-7-13-12(8-11)16(10-4-2-1-3-5-10)20-9-14(21-13)15(19)17(22)23/h1-9,15,21H,(H,22,23). The molecule has 0 spiro atoms. The minimum absolute atomic E-state index is 0.300. The third kappa shape index (κ3) is 3.23. The van der Waals surface area contributed by atoms with Gasteiger partial charge < -0.3 is 10.4 Å².